The van der Waals surface area contributed by atoms with Gasteiger partial charge in [-0.3, -0.25) is 0 Å². The van der Waals surface area contributed by atoms with Crippen LogP contribution in [0.15, 0.2) is 72.8 Å². The van der Waals surface area contributed by atoms with Gasteiger partial charge in [0.05, 0.1) is 5.56 Å². The van der Waals surface area contributed by atoms with Crippen LogP contribution in [0.3, 0.4) is 0 Å². The van der Waals surface area contributed by atoms with Crippen LogP contribution in [0.5, 0.6) is 5.75 Å². The third kappa shape index (κ3) is 3.49. The number of aryl methyl sites for hydroxylation is 2. The number of carbonyl (C=O) groups is 1. The molecule has 0 spiro atoms. The monoisotopic (exact) mass is 302 g/mol. The molecular weight excluding hydrogens is 284 g/mol. The first-order valence-corrected chi connectivity index (χ1v) is 7.58. The zero-order chi connectivity index (χ0) is 16.2. The lowest BCUT2D eigenvalue weighted by Crippen LogP contribution is -2.09. The van der Waals surface area contributed by atoms with E-state index >= 15 is 0 Å². The smallest absolute Gasteiger partial charge is 0.343 e. The van der Waals surface area contributed by atoms with Crippen molar-refractivity contribution < 1.29 is 9.53 Å². The molecule has 114 valence electrons. The second-order valence-electron chi connectivity index (χ2n) is 5.61. The summed E-state index contributed by atoms with van der Waals surface area (Å²) < 4.78 is 5.51. The van der Waals surface area contributed by atoms with Crippen molar-refractivity contribution in [1.82, 2.24) is 0 Å². The Morgan fingerprint density at radius 1 is 0.783 bits per heavy atom. The van der Waals surface area contributed by atoms with Crippen LogP contribution >= 0.6 is 0 Å². The van der Waals surface area contributed by atoms with Crippen LogP contribution in [0.2, 0.25) is 0 Å². The van der Waals surface area contributed by atoms with Gasteiger partial charge in [-0.1, -0.05) is 54.1 Å². The van der Waals surface area contributed by atoms with Crippen LogP contribution in [0.1, 0.15) is 21.5 Å². The lowest BCUT2D eigenvalue weighted by atomic mass is 10.0. The third-order valence-corrected chi connectivity index (χ3v) is 3.74. The van der Waals surface area contributed by atoms with Crippen molar-refractivity contribution in [2.24, 2.45) is 0 Å². The van der Waals surface area contributed by atoms with Crippen molar-refractivity contribution in [1.29, 1.82) is 0 Å². The largest absolute Gasteiger partial charge is 0.423 e. The zero-order valence-electron chi connectivity index (χ0n) is 13.2. The van der Waals surface area contributed by atoms with E-state index in [0.29, 0.717) is 11.3 Å². The average Bonchev–Trinajstić information content (AvgIpc) is 2.57. The van der Waals surface area contributed by atoms with Gasteiger partial charge in [0.1, 0.15) is 5.75 Å². The van der Waals surface area contributed by atoms with Crippen molar-refractivity contribution in [2.75, 3.05) is 0 Å². The summed E-state index contributed by atoms with van der Waals surface area (Å²) in [7, 11) is 0. The highest BCUT2D eigenvalue weighted by Crippen LogP contribution is 2.27. The SMILES string of the molecule is Cc1cccc(-c2ccc(OC(=O)c3ccccc3)c(C)c2)c1. The summed E-state index contributed by atoms with van der Waals surface area (Å²) in [6.45, 7) is 4.03. The zero-order valence-corrected chi connectivity index (χ0v) is 13.2. The number of rotatable bonds is 3. The van der Waals surface area contributed by atoms with Gasteiger partial charge in [-0.25, -0.2) is 4.79 Å². The van der Waals surface area contributed by atoms with Gasteiger partial charge in [0.2, 0.25) is 0 Å². The van der Waals surface area contributed by atoms with Crippen LogP contribution in [0.4, 0.5) is 0 Å². The maximum Gasteiger partial charge on any atom is 0.343 e. The second-order valence-corrected chi connectivity index (χ2v) is 5.61. The number of ether oxygens (including phenoxy) is 1. The predicted octanol–water partition coefficient (Wildman–Crippen LogP) is 5.19. The molecule has 0 aliphatic rings. The molecule has 0 fully saturated rings. The molecule has 0 aliphatic carbocycles. The standard InChI is InChI=1S/C21H18O2/c1-15-7-6-10-18(13-15)19-11-12-20(16(2)14-19)23-21(22)17-8-4-3-5-9-17/h3-14H,1-2H3. The van der Waals surface area contributed by atoms with E-state index < -0.39 is 0 Å². The van der Waals surface area contributed by atoms with Crippen LogP contribution in [0.25, 0.3) is 11.1 Å². The summed E-state index contributed by atoms with van der Waals surface area (Å²) in [5.41, 5.74) is 4.99. The Labute approximate surface area is 136 Å². The minimum atomic E-state index is -0.336. The van der Waals surface area contributed by atoms with E-state index in [-0.39, 0.29) is 5.97 Å². The van der Waals surface area contributed by atoms with Crippen molar-refractivity contribution in [2.45, 2.75) is 13.8 Å². The minimum Gasteiger partial charge on any atom is -0.423 e. The van der Waals surface area contributed by atoms with E-state index in [1.807, 2.05) is 49.4 Å². The molecule has 0 aliphatic heterocycles. The minimum absolute atomic E-state index is 0.336. The Kier molecular flexibility index (Phi) is 4.24. The molecule has 2 nitrogen and oxygen atoms in total. The molecule has 0 amide bonds. The van der Waals surface area contributed by atoms with Gasteiger partial charge in [-0.05, 0) is 54.8 Å². The van der Waals surface area contributed by atoms with E-state index in [4.69, 9.17) is 4.74 Å². The number of hydrogen-bond acceptors (Lipinski definition) is 2. The van der Waals surface area contributed by atoms with E-state index in [0.717, 1.165) is 16.7 Å². The van der Waals surface area contributed by atoms with Crippen molar-refractivity contribution in [3.8, 4) is 16.9 Å². The van der Waals surface area contributed by atoms with Gasteiger partial charge in [-0.15, -0.1) is 0 Å². The normalized spacial score (nSPS) is 10.3. The first-order valence-electron chi connectivity index (χ1n) is 7.58. The summed E-state index contributed by atoms with van der Waals surface area (Å²) in [5, 5.41) is 0. The van der Waals surface area contributed by atoms with Crippen LogP contribution in [0, 0.1) is 13.8 Å². The molecule has 3 rings (SSSR count). The fourth-order valence-electron chi connectivity index (χ4n) is 2.50. The van der Waals surface area contributed by atoms with Crippen molar-refractivity contribution >= 4 is 5.97 Å². The molecule has 0 N–H and O–H groups in total. The lowest BCUT2D eigenvalue weighted by molar-refractivity contribution is 0.0733. The molecule has 0 radical (unpaired) electrons. The molecule has 0 unspecified atom stereocenters. The molecule has 3 aromatic rings. The van der Waals surface area contributed by atoms with Gasteiger partial charge in [-0.2, -0.15) is 0 Å². The lowest BCUT2D eigenvalue weighted by Gasteiger charge is -2.10. The van der Waals surface area contributed by atoms with Gasteiger partial charge in [0, 0.05) is 0 Å². The second kappa shape index (κ2) is 6.49. The van der Waals surface area contributed by atoms with E-state index in [9.17, 15) is 4.79 Å². The number of benzene rings is 3. The summed E-state index contributed by atoms with van der Waals surface area (Å²) in [6.07, 6.45) is 0. The maximum absolute atomic E-state index is 12.1. The summed E-state index contributed by atoms with van der Waals surface area (Å²) in [4.78, 5) is 12.1. The Morgan fingerprint density at radius 2 is 1.52 bits per heavy atom. The first kappa shape index (κ1) is 15.0. The van der Waals surface area contributed by atoms with E-state index in [1.54, 1.807) is 12.1 Å². The van der Waals surface area contributed by atoms with Crippen molar-refractivity contribution in [3.63, 3.8) is 0 Å². The topological polar surface area (TPSA) is 26.3 Å². The molecule has 3 aromatic carbocycles. The fraction of sp³-hybridized carbons (Fsp3) is 0.0952. The maximum atomic E-state index is 12.1. The molecule has 2 heteroatoms. The number of carbonyl (C=O) groups excluding carboxylic acids is 1. The Hall–Kier alpha value is -2.87. The van der Waals surface area contributed by atoms with E-state index in [2.05, 4.69) is 25.1 Å². The summed E-state index contributed by atoms with van der Waals surface area (Å²) in [5.74, 6) is 0.257. The number of esters is 1. The number of hydrogen-bond donors (Lipinski definition) is 0. The quantitative estimate of drug-likeness (QED) is 0.491. The highest BCUT2D eigenvalue weighted by molar-refractivity contribution is 5.91. The highest BCUT2D eigenvalue weighted by Gasteiger charge is 2.10. The van der Waals surface area contributed by atoms with Crippen molar-refractivity contribution in [3.05, 3.63) is 89.5 Å². The van der Waals surface area contributed by atoms with Crippen LogP contribution < -0.4 is 4.74 Å². The predicted molar refractivity (Wildman–Crippen MR) is 92.8 cm³/mol. The molecule has 23 heavy (non-hydrogen) atoms. The molecule has 0 aromatic heterocycles. The third-order valence-electron chi connectivity index (χ3n) is 3.74. The van der Waals surface area contributed by atoms with Gasteiger partial charge in [0.15, 0.2) is 0 Å². The fourth-order valence-corrected chi connectivity index (χ4v) is 2.50. The first-order chi connectivity index (χ1) is 11.1. The molecule has 0 saturated heterocycles. The molecule has 0 saturated carbocycles. The Morgan fingerprint density at radius 3 is 2.22 bits per heavy atom. The molecule has 0 bridgehead atoms. The molecular formula is C21H18O2. The van der Waals surface area contributed by atoms with Gasteiger partial charge < -0.3 is 4.74 Å². The van der Waals surface area contributed by atoms with E-state index in [1.165, 1.54) is 5.56 Å². The summed E-state index contributed by atoms with van der Waals surface area (Å²) in [6, 6.07) is 23.2. The Bertz CT molecular complexity index is 835. The Balaban J connectivity index is 1.84. The molecule has 0 heterocycles. The van der Waals surface area contributed by atoms with Gasteiger partial charge in [0.25, 0.3) is 0 Å². The average molecular weight is 302 g/mol. The van der Waals surface area contributed by atoms with Gasteiger partial charge >= 0.3 is 5.97 Å². The summed E-state index contributed by atoms with van der Waals surface area (Å²) >= 11 is 0. The van der Waals surface area contributed by atoms with Crippen LogP contribution in [-0.2, 0) is 0 Å². The van der Waals surface area contributed by atoms with Crippen LogP contribution in [-0.4, -0.2) is 5.97 Å². The molecule has 0 atom stereocenters. The highest BCUT2D eigenvalue weighted by atomic mass is 16.5.